The smallest absolute Gasteiger partial charge is 0.335 e. The molecule has 4 heteroatoms. The summed E-state index contributed by atoms with van der Waals surface area (Å²) in [7, 11) is 0. The Kier molecular flexibility index (Phi) is 4.29. The lowest BCUT2D eigenvalue weighted by Gasteiger charge is -1.96. The van der Waals surface area contributed by atoms with Crippen molar-refractivity contribution in [3.05, 3.63) is 47.6 Å². The number of carbonyl (C=O) groups is 1. The fraction of sp³-hybridized carbons (Fsp3) is 0.0833. The van der Waals surface area contributed by atoms with Crippen LogP contribution in [0, 0.1) is 0 Å². The Labute approximate surface area is 93.3 Å². The molecule has 1 rings (SSSR count). The van der Waals surface area contributed by atoms with Gasteiger partial charge in [-0.1, -0.05) is 18.2 Å². The van der Waals surface area contributed by atoms with Crippen LogP contribution in [0.1, 0.15) is 5.56 Å². The molecule has 4 N–H and O–H groups in total. The molecule has 1 aromatic carbocycles. The van der Waals surface area contributed by atoms with Crippen molar-refractivity contribution in [1.82, 2.24) is 0 Å². The zero-order chi connectivity index (χ0) is 12.0. The molecule has 0 spiro atoms. The van der Waals surface area contributed by atoms with Gasteiger partial charge in [-0.25, -0.2) is 4.79 Å². The van der Waals surface area contributed by atoms with Gasteiger partial charge in [0, 0.05) is 5.69 Å². The van der Waals surface area contributed by atoms with Crippen molar-refractivity contribution < 1.29 is 15.0 Å². The highest BCUT2D eigenvalue weighted by molar-refractivity contribution is 5.91. The van der Waals surface area contributed by atoms with E-state index < -0.39 is 5.97 Å². The molecule has 0 saturated heterocycles. The van der Waals surface area contributed by atoms with Crippen LogP contribution < -0.4 is 5.73 Å². The van der Waals surface area contributed by atoms with Crippen LogP contribution in [-0.2, 0) is 4.79 Å². The second kappa shape index (κ2) is 5.72. The summed E-state index contributed by atoms with van der Waals surface area (Å²) in [5.41, 5.74) is 7.07. The number of aliphatic carboxylic acids is 1. The van der Waals surface area contributed by atoms with E-state index in [0.29, 0.717) is 5.69 Å². The highest BCUT2D eigenvalue weighted by atomic mass is 16.4. The molecule has 0 saturated carbocycles. The first-order valence-electron chi connectivity index (χ1n) is 4.71. The molecular weight excluding hydrogens is 206 g/mol. The number of benzene rings is 1. The predicted octanol–water partition coefficient (Wildman–Crippen LogP) is 1.29. The van der Waals surface area contributed by atoms with Crippen molar-refractivity contribution in [3.8, 4) is 0 Å². The second-order valence-electron chi connectivity index (χ2n) is 3.15. The molecule has 0 amide bonds. The van der Waals surface area contributed by atoms with Crippen molar-refractivity contribution in [3.63, 3.8) is 0 Å². The standard InChI is InChI=1S/C12H13NO3/c13-11-5-2-9(3-6-11)1-4-10(7-8-14)12(15)16/h1-7,14H,8,13H2,(H,15,16). The minimum absolute atomic E-state index is 0.0549. The first-order chi connectivity index (χ1) is 7.63. The monoisotopic (exact) mass is 219 g/mol. The van der Waals surface area contributed by atoms with Gasteiger partial charge in [-0.2, -0.15) is 0 Å². The van der Waals surface area contributed by atoms with E-state index in [1.54, 1.807) is 30.3 Å². The maximum absolute atomic E-state index is 10.7. The van der Waals surface area contributed by atoms with E-state index in [4.69, 9.17) is 15.9 Å². The van der Waals surface area contributed by atoms with E-state index in [1.807, 2.05) is 0 Å². The Hall–Kier alpha value is -2.07. The Balaban J connectivity index is 2.82. The molecule has 0 radical (unpaired) electrons. The number of hydrogen-bond donors (Lipinski definition) is 3. The number of aliphatic hydroxyl groups is 1. The van der Waals surface area contributed by atoms with Gasteiger partial charge >= 0.3 is 5.97 Å². The van der Waals surface area contributed by atoms with Crippen LogP contribution in [-0.4, -0.2) is 22.8 Å². The Morgan fingerprint density at radius 2 is 1.94 bits per heavy atom. The topological polar surface area (TPSA) is 83.5 Å². The van der Waals surface area contributed by atoms with Gasteiger partial charge in [-0.3, -0.25) is 0 Å². The first kappa shape index (κ1) is 12.0. The zero-order valence-electron chi connectivity index (χ0n) is 8.63. The van der Waals surface area contributed by atoms with Crippen LogP contribution in [0.25, 0.3) is 6.08 Å². The predicted molar refractivity (Wildman–Crippen MR) is 62.7 cm³/mol. The molecule has 84 valence electrons. The molecule has 0 fully saturated rings. The molecule has 0 aliphatic heterocycles. The van der Waals surface area contributed by atoms with Gasteiger partial charge in [0.25, 0.3) is 0 Å². The van der Waals surface area contributed by atoms with E-state index >= 15 is 0 Å². The van der Waals surface area contributed by atoms with Crippen molar-refractivity contribution in [2.24, 2.45) is 0 Å². The number of anilines is 1. The van der Waals surface area contributed by atoms with E-state index in [1.165, 1.54) is 12.2 Å². The van der Waals surface area contributed by atoms with Gasteiger partial charge in [0.15, 0.2) is 0 Å². The van der Waals surface area contributed by atoms with Crippen LogP contribution in [0.3, 0.4) is 0 Å². The number of aliphatic hydroxyl groups excluding tert-OH is 1. The molecule has 0 aromatic heterocycles. The van der Waals surface area contributed by atoms with Crippen LogP contribution >= 0.6 is 0 Å². The quantitative estimate of drug-likeness (QED) is 0.404. The van der Waals surface area contributed by atoms with Gasteiger partial charge in [0.1, 0.15) is 0 Å². The number of hydrogen-bond acceptors (Lipinski definition) is 3. The third kappa shape index (κ3) is 3.59. The minimum Gasteiger partial charge on any atom is -0.478 e. The molecule has 16 heavy (non-hydrogen) atoms. The summed E-state index contributed by atoms with van der Waals surface area (Å²) in [5.74, 6) is -1.07. The molecule has 0 atom stereocenters. The number of nitrogens with two attached hydrogens (primary N) is 1. The maximum Gasteiger partial charge on any atom is 0.335 e. The van der Waals surface area contributed by atoms with Gasteiger partial charge in [-0.15, -0.1) is 0 Å². The third-order valence-corrected chi connectivity index (χ3v) is 1.95. The average molecular weight is 219 g/mol. The lowest BCUT2D eigenvalue weighted by molar-refractivity contribution is -0.132. The van der Waals surface area contributed by atoms with Gasteiger partial charge in [0.05, 0.1) is 12.2 Å². The summed E-state index contributed by atoms with van der Waals surface area (Å²) in [6.07, 6.45) is 4.31. The van der Waals surface area contributed by atoms with Crippen LogP contribution in [0.5, 0.6) is 0 Å². The fourth-order valence-electron chi connectivity index (χ4n) is 1.12. The highest BCUT2D eigenvalue weighted by Gasteiger charge is 2.01. The molecule has 0 heterocycles. The number of carboxylic acids is 1. The average Bonchev–Trinajstić information content (AvgIpc) is 2.26. The molecule has 0 bridgehead atoms. The van der Waals surface area contributed by atoms with E-state index in [0.717, 1.165) is 5.56 Å². The SMILES string of the molecule is Nc1ccc(C=CC(=CCO)C(=O)O)cc1. The Bertz CT molecular complexity index is 418. The zero-order valence-corrected chi connectivity index (χ0v) is 8.63. The van der Waals surface area contributed by atoms with E-state index in [-0.39, 0.29) is 12.2 Å². The first-order valence-corrected chi connectivity index (χ1v) is 4.71. The highest BCUT2D eigenvalue weighted by Crippen LogP contribution is 2.09. The van der Waals surface area contributed by atoms with Crippen LogP contribution in [0.4, 0.5) is 5.69 Å². The summed E-state index contributed by atoms with van der Waals surface area (Å²) in [5, 5.41) is 17.4. The van der Waals surface area contributed by atoms with Crippen molar-refractivity contribution >= 4 is 17.7 Å². The summed E-state index contributed by atoms with van der Waals surface area (Å²) >= 11 is 0. The van der Waals surface area contributed by atoms with E-state index in [2.05, 4.69) is 0 Å². The number of rotatable bonds is 4. The van der Waals surface area contributed by atoms with Crippen molar-refractivity contribution in [2.45, 2.75) is 0 Å². The van der Waals surface area contributed by atoms with Crippen LogP contribution in [0.15, 0.2) is 42.0 Å². The molecule has 0 aliphatic carbocycles. The summed E-state index contributed by atoms with van der Waals surface area (Å²) in [4.78, 5) is 10.7. The number of nitrogen functional groups attached to an aromatic ring is 1. The summed E-state index contributed by atoms with van der Waals surface area (Å²) in [6, 6.07) is 7.03. The van der Waals surface area contributed by atoms with Crippen molar-refractivity contribution in [1.29, 1.82) is 0 Å². The van der Waals surface area contributed by atoms with Gasteiger partial charge in [0.2, 0.25) is 0 Å². The largest absolute Gasteiger partial charge is 0.478 e. The fourth-order valence-corrected chi connectivity index (χ4v) is 1.12. The molecule has 1 aromatic rings. The lowest BCUT2D eigenvalue weighted by atomic mass is 10.1. The third-order valence-electron chi connectivity index (χ3n) is 1.95. The Morgan fingerprint density at radius 1 is 1.31 bits per heavy atom. The lowest BCUT2D eigenvalue weighted by Crippen LogP contribution is -1.98. The van der Waals surface area contributed by atoms with Gasteiger partial charge < -0.3 is 15.9 Å². The molecule has 0 unspecified atom stereocenters. The second-order valence-corrected chi connectivity index (χ2v) is 3.15. The van der Waals surface area contributed by atoms with Crippen LogP contribution in [0.2, 0.25) is 0 Å². The maximum atomic E-state index is 10.7. The minimum atomic E-state index is -1.07. The summed E-state index contributed by atoms with van der Waals surface area (Å²) < 4.78 is 0. The molecule has 0 aliphatic rings. The molecule has 4 nitrogen and oxygen atoms in total. The number of carboxylic acid groups (broad SMARTS) is 1. The van der Waals surface area contributed by atoms with Gasteiger partial charge in [-0.05, 0) is 29.8 Å². The van der Waals surface area contributed by atoms with Crippen molar-refractivity contribution in [2.75, 3.05) is 12.3 Å². The normalized spacial score (nSPS) is 11.9. The summed E-state index contributed by atoms with van der Waals surface area (Å²) in [6.45, 7) is -0.298. The molecular formula is C12H13NO3. The van der Waals surface area contributed by atoms with E-state index in [9.17, 15) is 4.79 Å². The Morgan fingerprint density at radius 3 is 2.44 bits per heavy atom.